The number of ketones is 1. The molecule has 2 rings (SSSR count). The SMILES string of the molecule is COCC(C)NC(=O)Cn1cc2c(c1)C(=O)CCCC2. The van der Waals surface area contributed by atoms with Crippen molar-refractivity contribution >= 4 is 11.7 Å². The van der Waals surface area contributed by atoms with Crippen molar-refractivity contribution in [2.45, 2.75) is 45.2 Å². The predicted octanol–water partition coefficient (Wildman–Crippen LogP) is 1.55. The molecule has 0 radical (unpaired) electrons. The lowest BCUT2D eigenvalue weighted by Crippen LogP contribution is -2.37. The maximum Gasteiger partial charge on any atom is 0.240 e. The van der Waals surface area contributed by atoms with Gasteiger partial charge in [0, 0.05) is 37.5 Å². The van der Waals surface area contributed by atoms with Gasteiger partial charge in [-0.15, -0.1) is 0 Å². The lowest BCUT2D eigenvalue weighted by atomic mass is 10.1. The highest BCUT2D eigenvalue weighted by atomic mass is 16.5. The zero-order valence-electron chi connectivity index (χ0n) is 12.1. The average Bonchev–Trinajstić information content (AvgIpc) is 2.69. The summed E-state index contributed by atoms with van der Waals surface area (Å²) >= 11 is 0. The van der Waals surface area contributed by atoms with Crippen molar-refractivity contribution in [3.8, 4) is 0 Å². The van der Waals surface area contributed by atoms with E-state index in [-0.39, 0.29) is 24.3 Å². The van der Waals surface area contributed by atoms with Gasteiger partial charge in [0.1, 0.15) is 6.54 Å². The molecule has 0 saturated heterocycles. The number of methoxy groups -OCH3 is 1. The smallest absolute Gasteiger partial charge is 0.240 e. The zero-order chi connectivity index (χ0) is 14.5. The quantitative estimate of drug-likeness (QED) is 0.831. The van der Waals surface area contributed by atoms with Gasteiger partial charge < -0.3 is 14.6 Å². The third kappa shape index (κ3) is 3.70. The molecule has 0 spiro atoms. The van der Waals surface area contributed by atoms with Crippen LogP contribution >= 0.6 is 0 Å². The molecule has 20 heavy (non-hydrogen) atoms. The number of hydrogen-bond acceptors (Lipinski definition) is 3. The van der Waals surface area contributed by atoms with Crippen LogP contribution in [0.2, 0.25) is 0 Å². The van der Waals surface area contributed by atoms with E-state index >= 15 is 0 Å². The van der Waals surface area contributed by atoms with Crippen LogP contribution in [0.4, 0.5) is 0 Å². The summed E-state index contributed by atoms with van der Waals surface area (Å²) in [4.78, 5) is 23.8. The summed E-state index contributed by atoms with van der Waals surface area (Å²) in [7, 11) is 1.61. The predicted molar refractivity (Wildman–Crippen MR) is 75.8 cm³/mol. The first kappa shape index (κ1) is 14.8. The van der Waals surface area contributed by atoms with E-state index in [0.29, 0.717) is 13.0 Å². The summed E-state index contributed by atoms with van der Waals surface area (Å²) in [6.45, 7) is 2.64. The second-order valence-corrected chi connectivity index (χ2v) is 5.42. The Kier molecular flexibility index (Phi) is 4.95. The molecule has 0 aliphatic heterocycles. The number of nitrogens with one attached hydrogen (secondary N) is 1. The normalized spacial score (nSPS) is 16.4. The van der Waals surface area contributed by atoms with Crippen molar-refractivity contribution in [2.75, 3.05) is 13.7 Å². The molecule has 5 heteroatoms. The maximum atomic E-state index is 11.9. The minimum atomic E-state index is -0.0628. The number of aromatic nitrogens is 1. The zero-order valence-corrected chi connectivity index (χ0v) is 12.1. The van der Waals surface area contributed by atoms with Crippen LogP contribution in [0.25, 0.3) is 0 Å². The number of Topliss-reactive ketones (excluding diaryl/α,β-unsaturated/α-hetero) is 1. The number of nitrogens with zero attached hydrogens (tertiary/aromatic N) is 1. The van der Waals surface area contributed by atoms with E-state index in [2.05, 4.69) is 5.32 Å². The Bertz CT molecular complexity index is 493. The highest BCUT2D eigenvalue weighted by Gasteiger charge is 2.18. The van der Waals surface area contributed by atoms with E-state index in [1.54, 1.807) is 7.11 Å². The lowest BCUT2D eigenvalue weighted by Gasteiger charge is -2.12. The maximum absolute atomic E-state index is 11.9. The van der Waals surface area contributed by atoms with Crippen LogP contribution < -0.4 is 5.32 Å². The Hall–Kier alpha value is -1.62. The second kappa shape index (κ2) is 6.70. The molecule has 1 atom stereocenters. The fourth-order valence-corrected chi connectivity index (χ4v) is 2.61. The number of carbonyl (C=O) groups is 2. The third-order valence-electron chi connectivity index (χ3n) is 3.51. The van der Waals surface area contributed by atoms with Crippen molar-refractivity contribution in [3.63, 3.8) is 0 Å². The molecule has 1 N–H and O–H groups in total. The highest BCUT2D eigenvalue weighted by Crippen LogP contribution is 2.21. The van der Waals surface area contributed by atoms with Gasteiger partial charge in [-0.2, -0.15) is 0 Å². The van der Waals surface area contributed by atoms with Crippen molar-refractivity contribution in [3.05, 3.63) is 23.5 Å². The standard InChI is InChI=1S/C15H22N2O3/c1-11(10-20-2)16-15(19)9-17-7-12-5-3-4-6-14(18)13(12)8-17/h7-8,11H,3-6,9-10H2,1-2H3,(H,16,19). The van der Waals surface area contributed by atoms with Gasteiger partial charge in [-0.25, -0.2) is 0 Å². The molecular weight excluding hydrogens is 256 g/mol. The van der Waals surface area contributed by atoms with Crippen LogP contribution in [0.1, 0.15) is 42.1 Å². The van der Waals surface area contributed by atoms with Gasteiger partial charge in [-0.05, 0) is 31.7 Å². The van der Waals surface area contributed by atoms with Crippen LogP contribution in [0, 0.1) is 0 Å². The fourth-order valence-electron chi connectivity index (χ4n) is 2.61. The van der Waals surface area contributed by atoms with Crippen LogP contribution in [-0.2, 0) is 22.5 Å². The summed E-state index contributed by atoms with van der Waals surface area (Å²) in [5.41, 5.74) is 1.87. The molecule has 1 aromatic rings. The fraction of sp³-hybridized carbons (Fsp3) is 0.600. The molecule has 0 bridgehead atoms. The van der Waals surface area contributed by atoms with Gasteiger partial charge in [0.25, 0.3) is 0 Å². The molecule has 0 aromatic carbocycles. The van der Waals surface area contributed by atoms with Crippen molar-refractivity contribution in [2.24, 2.45) is 0 Å². The molecule has 1 aliphatic carbocycles. The molecule has 1 amide bonds. The summed E-state index contributed by atoms with van der Waals surface area (Å²) in [5.74, 6) is 0.136. The molecular formula is C15H22N2O3. The minimum Gasteiger partial charge on any atom is -0.383 e. The molecule has 1 unspecified atom stereocenters. The summed E-state index contributed by atoms with van der Waals surface area (Å²) in [6.07, 6.45) is 7.29. The number of aryl methyl sites for hydroxylation is 1. The van der Waals surface area contributed by atoms with Crippen LogP contribution in [0.5, 0.6) is 0 Å². The average molecular weight is 278 g/mol. The molecule has 0 saturated carbocycles. The molecule has 0 fully saturated rings. The van der Waals surface area contributed by atoms with Crippen molar-refractivity contribution in [1.82, 2.24) is 9.88 Å². The molecule has 110 valence electrons. The Morgan fingerprint density at radius 2 is 2.15 bits per heavy atom. The highest BCUT2D eigenvalue weighted by molar-refractivity contribution is 5.97. The Morgan fingerprint density at radius 3 is 2.90 bits per heavy atom. The van der Waals surface area contributed by atoms with E-state index in [0.717, 1.165) is 30.4 Å². The number of hydrogen-bond donors (Lipinski definition) is 1. The van der Waals surface area contributed by atoms with E-state index in [9.17, 15) is 9.59 Å². The number of amides is 1. The summed E-state index contributed by atoms with van der Waals surface area (Å²) in [5, 5.41) is 2.86. The first-order valence-corrected chi connectivity index (χ1v) is 7.10. The Morgan fingerprint density at radius 1 is 1.40 bits per heavy atom. The van der Waals surface area contributed by atoms with E-state index in [4.69, 9.17) is 4.74 Å². The van der Waals surface area contributed by atoms with Gasteiger partial charge in [-0.3, -0.25) is 9.59 Å². The Balaban J connectivity index is 1.99. The van der Waals surface area contributed by atoms with Crippen molar-refractivity contribution < 1.29 is 14.3 Å². The van der Waals surface area contributed by atoms with Crippen LogP contribution in [0.15, 0.2) is 12.4 Å². The van der Waals surface area contributed by atoms with Gasteiger partial charge in [0.05, 0.1) is 6.61 Å². The topological polar surface area (TPSA) is 60.3 Å². The van der Waals surface area contributed by atoms with Gasteiger partial charge in [0.15, 0.2) is 5.78 Å². The van der Waals surface area contributed by atoms with Crippen LogP contribution in [-0.4, -0.2) is 36.0 Å². The molecule has 1 heterocycles. The van der Waals surface area contributed by atoms with E-state index in [1.807, 2.05) is 23.9 Å². The molecule has 1 aliphatic rings. The van der Waals surface area contributed by atoms with Crippen molar-refractivity contribution in [1.29, 1.82) is 0 Å². The number of rotatable bonds is 5. The molecule has 1 aromatic heterocycles. The van der Waals surface area contributed by atoms with Gasteiger partial charge in [0.2, 0.25) is 5.91 Å². The lowest BCUT2D eigenvalue weighted by molar-refractivity contribution is -0.122. The monoisotopic (exact) mass is 278 g/mol. The summed E-state index contributed by atoms with van der Waals surface area (Å²) < 4.78 is 6.79. The van der Waals surface area contributed by atoms with Crippen LogP contribution in [0.3, 0.4) is 0 Å². The number of fused-ring (bicyclic) bond motifs is 1. The number of carbonyl (C=O) groups excluding carboxylic acids is 2. The first-order chi connectivity index (χ1) is 9.60. The minimum absolute atomic E-state index is 0.0116. The van der Waals surface area contributed by atoms with Gasteiger partial charge >= 0.3 is 0 Å². The molecule has 5 nitrogen and oxygen atoms in total. The largest absolute Gasteiger partial charge is 0.383 e. The van der Waals surface area contributed by atoms with Gasteiger partial charge in [-0.1, -0.05) is 0 Å². The second-order valence-electron chi connectivity index (χ2n) is 5.42. The Labute approximate surface area is 119 Å². The number of ether oxygens (including phenoxy) is 1. The third-order valence-corrected chi connectivity index (χ3v) is 3.51. The first-order valence-electron chi connectivity index (χ1n) is 7.10. The van der Waals surface area contributed by atoms with E-state index in [1.165, 1.54) is 0 Å². The summed E-state index contributed by atoms with van der Waals surface area (Å²) in [6, 6.07) is -0.0116. The van der Waals surface area contributed by atoms with E-state index < -0.39 is 0 Å².